The van der Waals surface area contributed by atoms with E-state index in [2.05, 4.69) is 0 Å². The van der Waals surface area contributed by atoms with E-state index >= 15 is 0 Å². The molecule has 2 atom stereocenters. The van der Waals surface area contributed by atoms with Crippen molar-refractivity contribution < 1.29 is 9.90 Å². The van der Waals surface area contributed by atoms with Gasteiger partial charge in [0.05, 0.1) is 5.92 Å². The van der Waals surface area contributed by atoms with Crippen LogP contribution in [0.4, 0.5) is 0 Å². The van der Waals surface area contributed by atoms with Gasteiger partial charge in [0.2, 0.25) is 5.91 Å². The van der Waals surface area contributed by atoms with Gasteiger partial charge in [-0.3, -0.25) is 4.79 Å². The van der Waals surface area contributed by atoms with Gasteiger partial charge in [-0.15, -0.1) is 0 Å². The molecule has 0 bridgehead atoms. The van der Waals surface area contributed by atoms with Gasteiger partial charge in [-0.2, -0.15) is 0 Å². The van der Waals surface area contributed by atoms with Crippen LogP contribution in [0.15, 0.2) is 0 Å². The van der Waals surface area contributed by atoms with Gasteiger partial charge in [0.25, 0.3) is 0 Å². The maximum Gasteiger partial charge on any atom is 0.227 e. The van der Waals surface area contributed by atoms with Gasteiger partial charge in [-0.25, -0.2) is 0 Å². The topological polar surface area (TPSA) is 66.6 Å². The molecule has 0 aliphatic heterocycles. The van der Waals surface area contributed by atoms with Crippen molar-refractivity contribution in [2.75, 3.05) is 13.2 Å². The highest BCUT2D eigenvalue weighted by atomic mass is 16.3. The number of carbonyl (C=O) groups excluding carboxylic acids is 1. The molecule has 0 saturated heterocycles. The number of rotatable bonds is 5. The van der Waals surface area contributed by atoms with Crippen molar-refractivity contribution >= 4 is 5.91 Å². The van der Waals surface area contributed by atoms with Crippen molar-refractivity contribution in [3.05, 3.63) is 0 Å². The van der Waals surface area contributed by atoms with Crippen molar-refractivity contribution in [2.24, 2.45) is 11.7 Å². The molecule has 1 aliphatic carbocycles. The largest absolute Gasteiger partial charge is 0.396 e. The lowest BCUT2D eigenvalue weighted by molar-refractivity contribution is -0.134. The third-order valence-electron chi connectivity index (χ3n) is 2.62. The summed E-state index contributed by atoms with van der Waals surface area (Å²) in [6.45, 7) is 4.75. The van der Waals surface area contributed by atoms with Crippen LogP contribution in [0.3, 0.4) is 0 Å². The van der Waals surface area contributed by atoms with Gasteiger partial charge in [0, 0.05) is 25.2 Å². The first-order chi connectivity index (χ1) is 6.57. The quantitative estimate of drug-likeness (QED) is 0.654. The highest BCUT2D eigenvalue weighted by molar-refractivity contribution is 5.82. The molecule has 0 aromatic carbocycles. The van der Waals surface area contributed by atoms with E-state index in [1.165, 1.54) is 0 Å². The molecule has 1 amide bonds. The summed E-state index contributed by atoms with van der Waals surface area (Å²) >= 11 is 0. The molecule has 0 aromatic heterocycles. The molecule has 0 heterocycles. The third-order valence-corrected chi connectivity index (χ3v) is 2.62. The van der Waals surface area contributed by atoms with E-state index in [1.54, 1.807) is 0 Å². The molecular formula is C10H20N2O2. The molecule has 1 aliphatic rings. The van der Waals surface area contributed by atoms with Crippen LogP contribution in [0, 0.1) is 5.92 Å². The lowest BCUT2D eigenvalue weighted by atomic mass is 10.2. The maximum absolute atomic E-state index is 11.8. The summed E-state index contributed by atoms with van der Waals surface area (Å²) in [6, 6.07) is 0.264. The van der Waals surface area contributed by atoms with Gasteiger partial charge in [0.15, 0.2) is 0 Å². The van der Waals surface area contributed by atoms with Crippen molar-refractivity contribution in [3.8, 4) is 0 Å². The van der Waals surface area contributed by atoms with Gasteiger partial charge in [-0.05, 0) is 26.7 Å². The van der Waals surface area contributed by atoms with Crippen molar-refractivity contribution in [2.45, 2.75) is 38.8 Å². The number of nitrogens with zero attached hydrogens (tertiary/aromatic N) is 1. The number of aliphatic hydroxyl groups excluding tert-OH is 1. The van der Waals surface area contributed by atoms with E-state index in [9.17, 15) is 4.79 Å². The molecule has 4 nitrogen and oxygen atoms in total. The number of hydrogen-bond acceptors (Lipinski definition) is 3. The first-order valence-corrected chi connectivity index (χ1v) is 5.24. The summed E-state index contributed by atoms with van der Waals surface area (Å²) in [7, 11) is 0. The lowest BCUT2D eigenvalue weighted by Gasteiger charge is -2.26. The molecule has 1 fully saturated rings. The van der Waals surface area contributed by atoms with Crippen LogP contribution in [0.2, 0.25) is 0 Å². The number of aliphatic hydroxyl groups is 1. The monoisotopic (exact) mass is 200 g/mol. The van der Waals surface area contributed by atoms with Crippen LogP contribution < -0.4 is 5.73 Å². The summed E-state index contributed by atoms with van der Waals surface area (Å²) in [6.07, 6.45) is 1.47. The SMILES string of the molecule is CC(C)N(CCCO)C(=O)C1CC1N. The second kappa shape index (κ2) is 4.75. The van der Waals surface area contributed by atoms with Crippen molar-refractivity contribution in [3.63, 3.8) is 0 Å². The summed E-state index contributed by atoms with van der Waals surface area (Å²) in [5.41, 5.74) is 5.64. The molecule has 2 unspecified atom stereocenters. The minimum absolute atomic E-state index is 0.0380. The van der Waals surface area contributed by atoms with Crippen molar-refractivity contribution in [1.82, 2.24) is 4.90 Å². The summed E-state index contributed by atoms with van der Waals surface area (Å²) < 4.78 is 0. The number of hydrogen-bond donors (Lipinski definition) is 2. The highest BCUT2D eigenvalue weighted by Gasteiger charge is 2.42. The zero-order chi connectivity index (χ0) is 10.7. The molecule has 14 heavy (non-hydrogen) atoms. The normalized spacial score (nSPS) is 25.2. The Bertz CT molecular complexity index is 206. The smallest absolute Gasteiger partial charge is 0.227 e. The second-order valence-corrected chi connectivity index (χ2v) is 4.21. The van der Waals surface area contributed by atoms with E-state index in [0.717, 1.165) is 6.42 Å². The summed E-state index contributed by atoms with van der Waals surface area (Å²) in [5, 5.41) is 8.72. The number of carbonyl (C=O) groups is 1. The van der Waals surface area contributed by atoms with E-state index in [4.69, 9.17) is 10.8 Å². The Hall–Kier alpha value is -0.610. The Morgan fingerprint density at radius 1 is 1.64 bits per heavy atom. The Balaban J connectivity index is 2.45. The fourth-order valence-electron chi connectivity index (χ4n) is 1.58. The van der Waals surface area contributed by atoms with Gasteiger partial charge in [0.1, 0.15) is 0 Å². The Morgan fingerprint density at radius 2 is 2.21 bits per heavy atom. The summed E-state index contributed by atoms with van der Waals surface area (Å²) in [5.74, 6) is 0.192. The van der Waals surface area contributed by atoms with E-state index in [-0.39, 0.29) is 30.5 Å². The molecular weight excluding hydrogens is 180 g/mol. The fourth-order valence-corrected chi connectivity index (χ4v) is 1.58. The van der Waals surface area contributed by atoms with Crippen LogP contribution in [-0.4, -0.2) is 41.1 Å². The maximum atomic E-state index is 11.8. The highest BCUT2D eigenvalue weighted by Crippen LogP contribution is 2.30. The minimum atomic E-state index is 0.0380. The predicted molar refractivity (Wildman–Crippen MR) is 54.6 cm³/mol. The predicted octanol–water partition coefficient (Wildman–Crippen LogP) is -0.0470. The van der Waals surface area contributed by atoms with Gasteiger partial charge in [-0.1, -0.05) is 0 Å². The Morgan fingerprint density at radius 3 is 2.57 bits per heavy atom. The average Bonchev–Trinajstić information content (AvgIpc) is 2.82. The number of amides is 1. The van der Waals surface area contributed by atoms with Gasteiger partial charge < -0.3 is 15.7 Å². The van der Waals surface area contributed by atoms with E-state index in [0.29, 0.717) is 13.0 Å². The lowest BCUT2D eigenvalue weighted by Crippen LogP contribution is -2.40. The Kier molecular flexibility index (Phi) is 3.89. The standard InChI is InChI=1S/C10H20N2O2/c1-7(2)12(4-3-5-13)10(14)8-6-9(8)11/h7-9,13H,3-6,11H2,1-2H3. The first kappa shape index (κ1) is 11.5. The zero-order valence-corrected chi connectivity index (χ0v) is 8.94. The van der Waals surface area contributed by atoms with Crippen LogP contribution in [0.1, 0.15) is 26.7 Å². The average molecular weight is 200 g/mol. The molecule has 0 radical (unpaired) electrons. The second-order valence-electron chi connectivity index (χ2n) is 4.21. The van der Waals surface area contributed by atoms with Crippen LogP contribution in [-0.2, 0) is 4.79 Å². The summed E-state index contributed by atoms with van der Waals surface area (Å²) in [4.78, 5) is 13.6. The van der Waals surface area contributed by atoms with Crippen LogP contribution in [0.25, 0.3) is 0 Å². The molecule has 1 rings (SSSR count). The van der Waals surface area contributed by atoms with Crippen LogP contribution in [0.5, 0.6) is 0 Å². The van der Waals surface area contributed by atoms with Crippen LogP contribution >= 0.6 is 0 Å². The first-order valence-electron chi connectivity index (χ1n) is 5.24. The van der Waals surface area contributed by atoms with E-state index in [1.807, 2.05) is 18.7 Å². The molecule has 1 saturated carbocycles. The third kappa shape index (κ3) is 2.69. The molecule has 0 spiro atoms. The molecule has 82 valence electrons. The molecule has 3 N–H and O–H groups in total. The number of nitrogens with two attached hydrogens (primary N) is 1. The fraction of sp³-hybridized carbons (Fsp3) is 0.900. The van der Waals surface area contributed by atoms with Gasteiger partial charge >= 0.3 is 0 Å². The molecule has 0 aromatic rings. The van der Waals surface area contributed by atoms with E-state index < -0.39 is 0 Å². The molecule has 4 heteroatoms. The zero-order valence-electron chi connectivity index (χ0n) is 8.94. The Labute approximate surface area is 85.1 Å². The minimum Gasteiger partial charge on any atom is -0.396 e. The van der Waals surface area contributed by atoms with Crippen molar-refractivity contribution in [1.29, 1.82) is 0 Å².